The molecule has 0 amide bonds. The molecule has 1 aliphatic rings. The maximum absolute atomic E-state index is 13.5. The molecule has 1 atom stereocenters. The van der Waals surface area contributed by atoms with Gasteiger partial charge in [-0.2, -0.15) is 0 Å². The molecular weight excluding hydrogens is 262 g/mol. The van der Waals surface area contributed by atoms with Crippen LogP contribution < -0.4 is 0 Å². The van der Waals surface area contributed by atoms with Gasteiger partial charge in [-0.05, 0) is 26.2 Å². The van der Waals surface area contributed by atoms with Crippen LogP contribution in [0.2, 0.25) is 0 Å². The number of benzene rings is 1. The lowest BCUT2D eigenvalue weighted by Gasteiger charge is -2.37. The number of Topliss-reactive ketones (excluding diaryl/α,β-unsaturated/α-hetero) is 1. The van der Waals surface area contributed by atoms with E-state index in [0.29, 0.717) is 6.42 Å². The van der Waals surface area contributed by atoms with Gasteiger partial charge >= 0.3 is 0 Å². The van der Waals surface area contributed by atoms with Crippen LogP contribution in [0.15, 0.2) is 18.2 Å². The van der Waals surface area contributed by atoms with Crippen LogP contribution in [0.3, 0.4) is 0 Å². The molecule has 5 heteroatoms. The van der Waals surface area contributed by atoms with Gasteiger partial charge in [0.15, 0.2) is 0 Å². The van der Waals surface area contributed by atoms with Gasteiger partial charge in [0.1, 0.15) is 17.4 Å². The van der Waals surface area contributed by atoms with Crippen molar-refractivity contribution < 1.29 is 13.6 Å². The lowest BCUT2D eigenvalue weighted by atomic mass is 10.0. The zero-order valence-corrected chi connectivity index (χ0v) is 11.9. The first-order chi connectivity index (χ1) is 9.47. The van der Waals surface area contributed by atoms with E-state index >= 15 is 0 Å². The van der Waals surface area contributed by atoms with Crippen LogP contribution in [0, 0.1) is 11.6 Å². The van der Waals surface area contributed by atoms with Crippen molar-refractivity contribution in [2.45, 2.75) is 18.9 Å². The predicted molar refractivity (Wildman–Crippen MR) is 73.6 cm³/mol. The Hall–Kier alpha value is -1.33. The highest BCUT2D eigenvalue weighted by Crippen LogP contribution is 2.16. The third-order valence-electron chi connectivity index (χ3n) is 3.88. The van der Waals surface area contributed by atoms with Crippen LogP contribution in [0.1, 0.15) is 12.0 Å². The zero-order chi connectivity index (χ0) is 14.7. The van der Waals surface area contributed by atoms with Crippen LogP contribution in [-0.2, 0) is 11.2 Å². The molecule has 110 valence electrons. The zero-order valence-electron chi connectivity index (χ0n) is 11.9. The third-order valence-corrected chi connectivity index (χ3v) is 3.88. The van der Waals surface area contributed by atoms with E-state index in [0.717, 1.165) is 19.6 Å². The average molecular weight is 282 g/mol. The van der Waals surface area contributed by atoms with Gasteiger partial charge < -0.3 is 9.80 Å². The summed E-state index contributed by atoms with van der Waals surface area (Å²) in [4.78, 5) is 16.4. The molecular formula is C15H20F2N2O. The van der Waals surface area contributed by atoms with Crippen LogP contribution in [0.4, 0.5) is 8.78 Å². The molecule has 0 radical (unpaired) electrons. The summed E-state index contributed by atoms with van der Waals surface area (Å²) in [5, 5.41) is 0. The van der Waals surface area contributed by atoms with E-state index in [2.05, 4.69) is 9.80 Å². The Morgan fingerprint density at radius 1 is 1.25 bits per heavy atom. The van der Waals surface area contributed by atoms with E-state index in [1.54, 1.807) is 0 Å². The van der Waals surface area contributed by atoms with Crippen molar-refractivity contribution in [1.29, 1.82) is 0 Å². The molecule has 0 bridgehead atoms. The highest BCUT2D eigenvalue weighted by molar-refractivity contribution is 5.81. The van der Waals surface area contributed by atoms with E-state index in [4.69, 9.17) is 0 Å². The molecule has 0 aliphatic carbocycles. The fourth-order valence-corrected chi connectivity index (χ4v) is 2.56. The smallest absolute Gasteiger partial charge is 0.139 e. The first kappa shape index (κ1) is 15.1. The number of carbonyl (C=O) groups excluding carboxylic acids is 1. The van der Waals surface area contributed by atoms with Gasteiger partial charge in [-0.3, -0.25) is 4.79 Å². The van der Waals surface area contributed by atoms with E-state index in [1.165, 1.54) is 18.2 Å². The summed E-state index contributed by atoms with van der Waals surface area (Å²) in [7, 11) is 4.00. The minimum absolute atomic E-state index is 0.121. The molecule has 20 heavy (non-hydrogen) atoms. The maximum Gasteiger partial charge on any atom is 0.139 e. The molecule has 1 fully saturated rings. The van der Waals surface area contributed by atoms with Crippen molar-refractivity contribution in [2.75, 3.05) is 33.7 Å². The standard InChI is InChI=1S/C15H20F2N2O/c1-18-6-7-19(2)11(10-18)8-12(20)9-13-14(16)4-3-5-15(13)17/h3-5,11H,6-10H2,1-2H3. The maximum atomic E-state index is 13.5. The molecule has 0 N–H and O–H groups in total. The van der Waals surface area contributed by atoms with Crippen molar-refractivity contribution in [3.05, 3.63) is 35.4 Å². The van der Waals surface area contributed by atoms with E-state index in [9.17, 15) is 13.6 Å². The third kappa shape index (κ3) is 3.61. The summed E-state index contributed by atoms with van der Waals surface area (Å²) in [6.07, 6.45) is 0.154. The molecule has 1 aromatic rings. The number of piperazine rings is 1. The summed E-state index contributed by atoms with van der Waals surface area (Å²) in [5.41, 5.74) is -0.121. The molecule has 1 unspecified atom stereocenters. The van der Waals surface area contributed by atoms with Crippen molar-refractivity contribution in [3.63, 3.8) is 0 Å². The first-order valence-electron chi connectivity index (χ1n) is 6.80. The van der Waals surface area contributed by atoms with Gasteiger partial charge in [0.2, 0.25) is 0 Å². The Morgan fingerprint density at radius 3 is 2.55 bits per heavy atom. The number of hydrogen-bond acceptors (Lipinski definition) is 3. The largest absolute Gasteiger partial charge is 0.304 e. The number of carbonyl (C=O) groups is 1. The second-order valence-electron chi connectivity index (χ2n) is 5.52. The van der Waals surface area contributed by atoms with Crippen LogP contribution in [0.25, 0.3) is 0 Å². The number of nitrogens with zero attached hydrogens (tertiary/aromatic N) is 2. The van der Waals surface area contributed by atoms with E-state index in [1.807, 2.05) is 14.1 Å². The van der Waals surface area contributed by atoms with Gasteiger partial charge in [0.25, 0.3) is 0 Å². The van der Waals surface area contributed by atoms with Crippen molar-refractivity contribution >= 4 is 5.78 Å². The molecule has 2 rings (SSSR count). The van der Waals surface area contributed by atoms with Gasteiger partial charge in [0, 0.05) is 44.1 Å². The Labute approximate surface area is 118 Å². The fourth-order valence-electron chi connectivity index (χ4n) is 2.56. The summed E-state index contributed by atoms with van der Waals surface area (Å²) in [6, 6.07) is 3.80. The van der Waals surface area contributed by atoms with Crippen LogP contribution in [0.5, 0.6) is 0 Å². The molecule has 1 heterocycles. The summed E-state index contributed by atoms with van der Waals surface area (Å²) >= 11 is 0. The highest BCUT2D eigenvalue weighted by Gasteiger charge is 2.25. The lowest BCUT2D eigenvalue weighted by Crippen LogP contribution is -2.50. The lowest BCUT2D eigenvalue weighted by molar-refractivity contribution is -0.120. The minimum Gasteiger partial charge on any atom is -0.304 e. The number of hydrogen-bond donors (Lipinski definition) is 0. The van der Waals surface area contributed by atoms with Crippen LogP contribution in [-0.4, -0.2) is 55.4 Å². The normalized spacial score (nSPS) is 21.1. The van der Waals surface area contributed by atoms with Crippen molar-refractivity contribution in [3.8, 4) is 0 Å². The van der Waals surface area contributed by atoms with Gasteiger partial charge in [-0.25, -0.2) is 8.78 Å². The molecule has 1 saturated heterocycles. The van der Waals surface area contributed by atoms with E-state index in [-0.39, 0.29) is 23.8 Å². The summed E-state index contributed by atoms with van der Waals surface area (Å²) < 4.78 is 27.0. The molecule has 0 aromatic heterocycles. The molecule has 0 spiro atoms. The Morgan fingerprint density at radius 2 is 1.90 bits per heavy atom. The van der Waals surface area contributed by atoms with Crippen LogP contribution >= 0.6 is 0 Å². The van der Waals surface area contributed by atoms with Gasteiger partial charge in [-0.1, -0.05) is 6.07 Å². The highest BCUT2D eigenvalue weighted by atomic mass is 19.1. The van der Waals surface area contributed by atoms with Crippen molar-refractivity contribution in [1.82, 2.24) is 9.80 Å². The quantitative estimate of drug-likeness (QED) is 0.840. The number of halogens is 2. The Kier molecular flexibility index (Phi) is 4.83. The molecule has 1 aromatic carbocycles. The predicted octanol–water partition coefficient (Wildman–Crippen LogP) is 1.71. The average Bonchev–Trinajstić information content (AvgIpc) is 2.38. The monoisotopic (exact) mass is 282 g/mol. The summed E-state index contributed by atoms with van der Waals surface area (Å²) in [5.74, 6) is -1.42. The number of likely N-dealkylation sites (N-methyl/N-ethyl adjacent to an activating group) is 2. The molecule has 3 nitrogen and oxygen atoms in total. The van der Waals surface area contributed by atoms with Gasteiger partial charge in [-0.15, -0.1) is 0 Å². The Bertz CT molecular complexity index is 473. The summed E-state index contributed by atoms with van der Waals surface area (Å²) in [6.45, 7) is 2.69. The fraction of sp³-hybridized carbons (Fsp3) is 0.533. The number of rotatable bonds is 4. The second-order valence-corrected chi connectivity index (χ2v) is 5.52. The SMILES string of the molecule is CN1CCN(C)C(CC(=O)Cc2c(F)cccc2F)C1. The topological polar surface area (TPSA) is 23.6 Å². The Balaban J connectivity index is 1.98. The minimum atomic E-state index is -0.646. The number of ketones is 1. The van der Waals surface area contributed by atoms with Crippen molar-refractivity contribution in [2.24, 2.45) is 0 Å². The first-order valence-corrected chi connectivity index (χ1v) is 6.80. The second kappa shape index (κ2) is 6.41. The molecule has 1 aliphatic heterocycles. The van der Waals surface area contributed by atoms with E-state index < -0.39 is 11.6 Å². The molecule has 0 saturated carbocycles. The van der Waals surface area contributed by atoms with Gasteiger partial charge in [0.05, 0.1) is 0 Å².